The molecule has 0 radical (unpaired) electrons. The molecule has 3 rings (SSSR count). The van der Waals surface area contributed by atoms with Crippen molar-refractivity contribution in [2.75, 3.05) is 6.61 Å². The molecule has 25 heavy (non-hydrogen) atoms. The van der Waals surface area contributed by atoms with Crippen LogP contribution in [0.2, 0.25) is 0 Å². The minimum Gasteiger partial charge on any atom is -0.493 e. The van der Waals surface area contributed by atoms with Crippen molar-refractivity contribution < 1.29 is 14.3 Å². The van der Waals surface area contributed by atoms with E-state index in [2.05, 4.69) is 10.6 Å². The minimum atomic E-state index is -0.247. The SMILES string of the molecule is C[C@@H](CC(=O)N[C@H]1CCOc2ccccc21)NC(=O)c1ccccc1. The molecule has 1 aliphatic heterocycles. The molecule has 2 atom stereocenters. The molecule has 130 valence electrons. The number of hydrogen-bond donors (Lipinski definition) is 2. The molecule has 0 saturated heterocycles. The van der Waals surface area contributed by atoms with Crippen LogP contribution in [0.15, 0.2) is 54.6 Å². The van der Waals surface area contributed by atoms with E-state index in [4.69, 9.17) is 4.74 Å². The Morgan fingerprint density at radius 2 is 1.84 bits per heavy atom. The van der Waals surface area contributed by atoms with Crippen LogP contribution in [-0.4, -0.2) is 24.5 Å². The highest BCUT2D eigenvalue weighted by molar-refractivity contribution is 5.94. The lowest BCUT2D eigenvalue weighted by atomic mass is 10.0. The van der Waals surface area contributed by atoms with Crippen molar-refractivity contribution in [3.8, 4) is 5.75 Å². The molecule has 2 amide bonds. The molecular formula is C20H22N2O3. The molecule has 0 fully saturated rings. The fourth-order valence-electron chi connectivity index (χ4n) is 2.97. The summed E-state index contributed by atoms with van der Waals surface area (Å²) in [5, 5.41) is 5.91. The van der Waals surface area contributed by atoms with E-state index in [-0.39, 0.29) is 30.3 Å². The number of ether oxygens (including phenoxy) is 1. The molecule has 2 aromatic carbocycles. The number of amides is 2. The van der Waals surface area contributed by atoms with E-state index < -0.39 is 0 Å². The van der Waals surface area contributed by atoms with Crippen LogP contribution in [0, 0.1) is 0 Å². The van der Waals surface area contributed by atoms with Gasteiger partial charge in [0.15, 0.2) is 0 Å². The van der Waals surface area contributed by atoms with E-state index in [0.29, 0.717) is 12.2 Å². The number of hydrogen-bond acceptors (Lipinski definition) is 3. The van der Waals surface area contributed by atoms with E-state index in [1.165, 1.54) is 0 Å². The van der Waals surface area contributed by atoms with Crippen molar-refractivity contribution in [1.82, 2.24) is 10.6 Å². The molecule has 5 heteroatoms. The van der Waals surface area contributed by atoms with E-state index >= 15 is 0 Å². The van der Waals surface area contributed by atoms with Crippen LogP contribution >= 0.6 is 0 Å². The quantitative estimate of drug-likeness (QED) is 0.881. The van der Waals surface area contributed by atoms with Gasteiger partial charge in [-0.25, -0.2) is 0 Å². The lowest BCUT2D eigenvalue weighted by Gasteiger charge is -2.27. The minimum absolute atomic E-state index is 0.0468. The highest BCUT2D eigenvalue weighted by atomic mass is 16.5. The number of nitrogens with one attached hydrogen (secondary N) is 2. The van der Waals surface area contributed by atoms with Gasteiger partial charge in [0, 0.05) is 30.0 Å². The summed E-state index contributed by atoms with van der Waals surface area (Å²) in [6.07, 6.45) is 0.978. The van der Waals surface area contributed by atoms with Crippen LogP contribution in [0.4, 0.5) is 0 Å². The highest BCUT2D eigenvalue weighted by Crippen LogP contribution is 2.31. The zero-order chi connectivity index (χ0) is 17.6. The van der Waals surface area contributed by atoms with Crippen molar-refractivity contribution in [1.29, 1.82) is 0 Å². The van der Waals surface area contributed by atoms with Crippen molar-refractivity contribution in [2.24, 2.45) is 0 Å². The predicted octanol–water partition coefficient (Wildman–Crippen LogP) is 2.84. The molecule has 2 N–H and O–H groups in total. The van der Waals surface area contributed by atoms with Crippen LogP contribution in [0.25, 0.3) is 0 Å². The van der Waals surface area contributed by atoms with E-state index in [1.807, 2.05) is 49.4 Å². The highest BCUT2D eigenvalue weighted by Gasteiger charge is 2.23. The molecule has 1 heterocycles. The lowest BCUT2D eigenvalue weighted by Crippen LogP contribution is -2.39. The van der Waals surface area contributed by atoms with E-state index in [9.17, 15) is 9.59 Å². The Bertz CT molecular complexity index is 746. The normalized spacial score (nSPS) is 16.9. The third-order valence-electron chi connectivity index (χ3n) is 4.20. The summed E-state index contributed by atoms with van der Waals surface area (Å²) < 4.78 is 5.61. The standard InChI is InChI=1S/C20H22N2O3/c1-14(21-20(24)15-7-3-2-4-8-15)13-19(23)22-17-11-12-25-18-10-6-5-9-16(17)18/h2-10,14,17H,11-13H2,1H3,(H,21,24)(H,22,23)/t14-,17-/m0/s1. The van der Waals surface area contributed by atoms with Gasteiger partial charge in [0.1, 0.15) is 5.75 Å². The molecule has 5 nitrogen and oxygen atoms in total. The maximum Gasteiger partial charge on any atom is 0.251 e. The average Bonchev–Trinajstić information content (AvgIpc) is 2.62. The Kier molecular flexibility index (Phi) is 5.33. The maximum atomic E-state index is 12.3. The summed E-state index contributed by atoms with van der Waals surface area (Å²) >= 11 is 0. The van der Waals surface area contributed by atoms with Crippen LogP contribution in [0.1, 0.15) is 41.7 Å². The van der Waals surface area contributed by atoms with Gasteiger partial charge < -0.3 is 15.4 Å². The number of carbonyl (C=O) groups excluding carboxylic acids is 2. The number of rotatable bonds is 5. The number of carbonyl (C=O) groups is 2. The molecule has 0 bridgehead atoms. The lowest BCUT2D eigenvalue weighted by molar-refractivity contribution is -0.122. The van der Waals surface area contributed by atoms with Crippen LogP contribution in [0.3, 0.4) is 0 Å². The van der Waals surface area contributed by atoms with Crippen molar-refractivity contribution in [3.05, 3.63) is 65.7 Å². The first-order chi connectivity index (χ1) is 12.1. The van der Waals surface area contributed by atoms with Gasteiger partial charge in [0.2, 0.25) is 5.91 Å². The summed E-state index contributed by atoms with van der Waals surface area (Å²) in [6.45, 7) is 2.42. The topological polar surface area (TPSA) is 67.4 Å². The predicted molar refractivity (Wildman–Crippen MR) is 95.4 cm³/mol. The molecule has 0 unspecified atom stereocenters. The van der Waals surface area contributed by atoms with Gasteiger partial charge in [-0.2, -0.15) is 0 Å². The summed E-state index contributed by atoms with van der Waals surface area (Å²) in [4.78, 5) is 24.5. The number of benzene rings is 2. The molecule has 1 aliphatic rings. The molecule has 0 aliphatic carbocycles. The fourth-order valence-corrected chi connectivity index (χ4v) is 2.97. The first-order valence-electron chi connectivity index (χ1n) is 8.50. The molecule has 0 spiro atoms. The average molecular weight is 338 g/mol. The van der Waals surface area contributed by atoms with Gasteiger partial charge in [-0.05, 0) is 25.1 Å². The van der Waals surface area contributed by atoms with Crippen LogP contribution in [-0.2, 0) is 4.79 Å². The fraction of sp³-hybridized carbons (Fsp3) is 0.300. The molecule has 0 saturated carbocycles. The maximum absolute atomic E-state index is 12.3. The Hall–Kier alpha value is -2.82. The zero-order valence-corrected chi connectivity index (χ0v) is 14.2. The van der Waals surface area contributed by atoms with Crippen molar-refractivity contribution in [3.63, 3.8) is 0 Å². The number of para-hydroxylation sites is 1. The summed E-state index contributed by atoms with van der Waals surface area (Å²) in [6, 6.07) is 16.4. The van der Waals surface area contributed by atoms with Gasteiger partial charge in [-0.3, -0.25) is 9.59 Å². The van der Waals surface area contributed by atoms with Crippen LogP contribution < -0.4 is 15.4 Å². The Morgan fingerprint density at radius 1 is 1.12 bits per heavy atom. The first kappa shape index (κ1) is 17.0. The Labute approximate surface area is 147 Å². The first-order valence-corrected chi connectivity index (χ1v) is 8.50. The number of fused-ring (bicyclic) bond motifs is 1. The second-order valence-electron chi connectivity index (χ2n) is 6.24. The summed E-state index contributed by atoms with van der Waals surface area (Å²) in [7, 11) is 0. The van der Waals surface area contributed by atoms with Crippen molar-refractivity contribution in [2.45, 2.75) is 31.8 Å². The monoisotopic (exact) mass is 338 g/mol. The van der Waals surface area contributed by atoms with Crippen molar-refractivity contribution >= 4 is 11.8 Å². The smallest absolute Gasteiger partial charge is 0.251 e. The summed E-state index contributed by atoms with van der Waals surface area (Å²) in [5.74, 6) is 0.573. The van der Waals surface area contributed by atoms with Gasteiger partial charge in [-0.15, -0.1) is 0 Å². The Morgan fingerprint density at radius 3 is 2.64 bits per heavy atom. The zero-order valence-electron chi connectivity index (χ0n) is 14.2. The van der Waals surface area contributed by atoms with E-state index in [1.54, 1.807) is 12.1 Å². The second-order valence-corrected chi connectivity index (χ2v) is 6.24. The molecule has 2 aromatic rings. The molecular weight excluding hydrogens is 316 g/mol. The van der Waals surface area contributed by atoms with Gasteiger partial charge in [0.25, 0.3) is 5.91 Å². The molecule has 0 aromatic heterocycles. The second kappa shape index (κ2) is 7.83. The summed E-state index contributed by atoms with van der Waals surface area (Å²) in [5.41, 5.74) is 1.59. The van der Waals surface area contributed by atoms with Gasteiger partial charge in [0.05, 0.1) is 12.6 Å². The van der Waals surface area contributed by atoms with Gasteiger partial charge in [-0.1, -0.05) is 36.4 Å². The van der Waals surface area contributed by atoms with Crippen LogP contribution in [0.5, 0.6) is 5.75 Å². The van der Waals surface area contributed by atoms with Gasteiger partial charge >= 0.3 is 0 Å². The third kappa shape index (κ3) is 4.38. The largest absolute Gasteiger partial charge is 0.493 e. The van der Waals surface area contributed by atoms with E-state index in [0.717, 1.165) is 17.7 Å². The Balaban J connectivity index is 1.54. The third-order valence-corrected chi connectivity index (χ3v) is 4.20.